The Kier molecular flexibility index (Phi) is 2.20. The van der Waals surface area contributed by atoms with Crippen molar-refractivity contribution in [1.82, 2.24) is 15.4 Å². The summed E-state index contributed by atoms with van der Waals surface area (Å²) >= 11 is 1.33. The molecule has 2 rings (SSSR count). The SMILES string of the molecule is O=C1NC(=O)C2(CCCSN2)C(=O)N1. The zero-order valence-corrected chi connectivity index (χ0v) is 8.07. The van der Waals surface area contributed by atoms with Gasteiger partial charge in [-0.05, 0) is 12.8 Å². The summed E-state index contributed by atoms with van der Waals surface area (Å²) in [7, 11) is 0. The molecule has 6 nitrogen and oxygen atoms in total. The highest BCUT2D eigenvalue weighted by atomic mass is 32.2. The molecule has 0 aromatic heterocycles. The van der Waals surface area contributed by atoms with Crippen molar-refractivity contribution < 1.29 is 14.4 Å². The number of rotatable bonds is 0. The number of urea groups is 1. The summed E-state index contributed by atoms with van der Waals surface area (Å²) in [4.78, 5) is 33.9. The van der Waals surface area contributed by atoms with E-state index in [1.165, 1.54) is 11.9 Å². The normalized spacial score (nSPS) is 25.9. The van der Waals surface area contributed by atoms with E-state index in [1.54, 1.807) is 0 Å². The summed E-state index contributed by atoms with van der Waals surface area (Å²) < 4.78 is 2.79. The van der Waals surface area contributed by atoms with E-state index in [9.17, 15) is 14.4 Å². The molecule has 0 unspecified atom stereocenters. The molecular formula is C7H9N3O3S. The molecule has 0 aromatic rings. The third-order valence-electron chi connectivity index (χ3n) is 2.27. The van der Waals surface area contributed by atoms with Gasteiger partial charge in [0.1, 0.15) is 0 Å². The van der Waals surface area contributed by atoms with E-state index in [0.717, 1.165) is 12.2 Å². The molecule has 3 N–H and O–H groups in total. The van der Waals surface area contributed by atoms with E-state index in [1.807, 2.05) is 0 Å². The molecule has 0 radical (unpaired) electrons. The molecule has 2 aliphatic heterocycles. The van der Waals surface area contributed by atoms with Gasteiger partial charge < -0.3 is 0 Å². The average molecular weight is 215 g/mol. The quantitative estimate of drug-likeness (QED) is 0.361. The summed E-state index contributed by atoms with van der Waals surface area (Å²) in [5.41, 5.74) is -1.25. The van der Waals surface area contributed by atoms with E-state index < -0.39 is 23.4 Å². The maximum Gasteiger partial charge on any atom is 0.328 e. The average Bonchev–Trinajstić information content (AvgIpc) is 2.16. The minimum absolute atomic E-state index is 0.422. The molecule has 2 heterocycles. The Bertz CT molecular complexity index is 289. The van der Waals surface area contributed by atoms with E-state index in [2.05, 4.69) is 15.4 Å². The zero-order valence-electron chi connectivity index (χ0n) is 7.25. The van der Waals surface area contributed by atoms with Gasteiger partial charge in [0.2, 0.25) is 0 Å². The van der Waals surface area contributed by atoms with Crippen molar-refractivity contribution in [2.45, 2.75) is 18.4 Å². The van der Waals surface area contributed by atoms with Crippen molar-refractivity contribution in [3.8, 4) is 0 Å². The minimum Gasteiger partial charge on any atom is -0.276 e. The van der Waals surface area contributed by atoms with Crippen LogP contribution in [0, 0.1) is 0 Å². The Morgan fingerprint density at radius 3 is 2.29 bits per heavy atom. The molecule has 4 amide bonds. The molecule has 0 aliphatic carbocycles. The van der Waals surface area contributed by atoms with Crippen LogP contribution in [0.3, 0.4) is 0 Å². The monoisotopic (exact) mass is 215 g/mol. The van der Waals surface area contributed by atoms with Gasteiger partial charge in [-0.1, -0.05) is 11.9 Å². The van der Waals surface area contributed by atoms with E-state index in [-0.39, 0.29) is 0 Å². The molecule has 1 spiro atoms. The van der Waals surface area contributed by atoms with Crippen molar-refractivity contribution in [3.63, 3.8) is 0 Å². The van der Waals surface area contributed by atoms with E-state index in [0.29, 0.717) is 6.42 Å². The summed E-state index contributed by atoms with van der Waals surface area (Å²) in [6, 6.07) is -0.747. The maximum atomic E-state index is 11.5. The lowest BCUT2D eigenvalue weighted by Gasteiger charge is -2.36. The highest BCUT2D eigenvalue weighted by Crippen LogP contribution is 2.25. The van der Waals surface area contributed by atoms with Crippen LogP contribution >= 0.6 is 11.9 Å². The second kappa shape index (κ2) is 3.25. The number of amides is 4. The molecule has 76 valence electrons. The van der Waals surface area contributed by atoms with Crippen LogP contribution in [0.1, 0.15) is 12.8 Å². The second-order valence-corrected chi connectivity index (χ2v) is 4.10. The third-order valence-corrected chi connectivity index (χ3v) is 3.26. The predicted octanol–water partition coefficient (Wildman–Crippen LogP) is -0.877. The van der Waals surface area contributed by atoms with E-state index >= 15 is 0 Å². The largest absolute Gasteiger partial charge is 0.328 e. The zero-order chi connectivity index (χ0) is 10.2. The summed E-state index contributed by atoms with van der Waals surface area (Å²) in [6.45, 7) is 0. The number of carbonyl (C=O) groups excluding carboxylic acids is 3. The topological polar surface area (TPSA) is 87.3 Å². The van der Waals surface area contributed by atoms with Gasteiger partial charge in [0.15, 0.2) is 5.54 Å². The summed E-state index contributed by atoms with van der Waals surface area (Å²) in [5.74, 6) is -0.257. The minimum atomic E-state index is -1.25. The van der Waals surface area contributed by atoms with E-state index in [4.69, 9.17) is 0 Å². The molecule has 14 heavy (non-hydrogen) atoms. The van der Waals surface area contributed by atoms with Gasteiger partial charge >= 0.3 is 6.03 Å². The number of hydrogen-bond acceptors (Lipinski definition) is 5. The van der Waals surface area contributed by atoms with Crippen molar-refractivity contribution in [2.24, 2.45) is 0 Å². The molecule has 7 heteroatoms. The second-order valence-electron chi connectivity index (χ2n) is 3.20. The predicted molar refractivity (Wildman–Crippen MR) is 49.2 cm³/mol. The first-order chi connectivity index (χ1) is 6.65. The van der Waals surface area contributed by atoms with Crippen molar-refractivity contribution >= 4 is 29.8 Å². The van der Waals surface area contributed by atoms with Gasteiger partial charge in [-0.25, -0.2) is 9.52 Å². The lowest BCUT2D eigenvalue weighted by Crippen LogP contribution is -2.71. The first-order valence-corrected chi connectivity index (χ1v) is 5.19. The summed E-state index contributed by atoms with van der Waals surface area (Å²) in [6.07, 6.45) is 1.19. The molecule has 0 atom stereocenters. The number of imide groups is 2. The van der Waals surface area contributed by atoms with Gasteiger partial charge in [-0.3, -0.25) is 20.2 Å². The van der Waals surface area contributed by atoms with Crippen LogP contribution < -0.4 is 15.4 Å². The van der Waals surface area contributed by atoms with Crippen molar-refractivity contribution in [1.29, 1.82) is 0 Å². The highest BCUT2D eigenvalue weighted by Gasteiger charge is 2.51. The smallest absolute Gasteiger partial charge is 0.276 e. The Morgan fingerprint density at radius 1 is 1.14 bits per heavy atom. The molecule has 0 aromatic carbocycles. The molecule has 2 fully saturated rings. The molecule has 2 aliphatic rings. The lowest BCUT2D eigenvalue weighted by atomic mass is 9.91. The Hall–Kier alpha value is -1.08. The fraction of sp³-hybridized carbons (Fsp3) is 0.571. The van der Waals surface area contributed by atoms with Crippen LogP contribution in [0.15, 0.2) is 0 Å². The number of barbiturate groups is 1. The van der Waals surface area contributed by atoms with Crippen LogP contribution in [0.2, 0.25) is 0 Å². The number of carbonyl (C=O) groups is 3. The molecule has 2 saturated heterocycles. The highest BCUT2D eigenvalue weighted by molar-refractivity contribution is 7.97. The first kappa shape index (κ1) is 9.47. The van der Waals surface area contributed by atoms with Crippen molar-refractivity contribution in [2.75, 3.05) is 5.75 Å². The first-order valence-electron chi connectivity index (χ1n) is 4.21. The Labute approximate surface area is 84.3 Å². The third kappa shape index (κ3) is 1.28. The van der Waals surface area contributed by atoms with Crippen LogP contribution in [-0.4, -0.2) is 29.1 Å². The number of nitrogens with one attached hydrogen (secondary N) is 3. The fourth-order valence-electron chi connectivity index (χ4n) is 1.51. The molecule has 0 saturated carbocycles. The molecular weight excluding hydrogens is 206 g/mol. The molecule has 0 bridgehead atoms. The van der Waals surface area contributed by atoms with Gasteiger partial charge in [0.05, 0.1) is 0 Å². The lowest BCUT2D eigenvalue weighted by molar-refractivity contribution is -0.139. The van der Waals surface area contributed by atoms with Crippen LogP contribution in [0.5, 0.6) is 0 Å². The Balaban J connectivity index is 2.27. The van der Waals surface area contributed by atoms with Gasteiger partial charge in [0, 0.05) is 5.75 Å². The van der Waals surface area contributed by atoms with Crippen LogP contribution in [0.25, 0.3) is 0 Å². The van der Waals surface area contributed by atoms with Crippen molar-refractivity contribution in [3.05, 3.63) is 0 Å². The maximum absolute atomic E-state index is 11.5. The Morgan fingerprint density at radius 2 is 1.79 bits per heavy atom. The fourth-order valence-corrected chi connectivity index (χ4v) is 2.43. The standard InChI is InChI=1S/C7H9N3O3S/c11-4-7(2-1-3-14-10-7)5(12)9-6(13)8-4/h10H,1-3H2,(H2,8,9,11,12,13). The van der Waals surface area contributed by atoms with Gasteiger partial charge in [-0.2, -0.15) is 0 Å². The number of hydrogen-bond donors (Lipinski definition) is 3. The van der Waals surface area contributed by atoms with Gasteiger partial charge in [-0.15, -0.1) is 0 Å². The van der Waals surface area contributed by atoms with Crippen LogP contribution in [0.4, 0.5) is 4.79 Å². The van der Waals surface area contributed by atoms with Gasteiger partial charge in [0.25, 0.3) is 11.8 Å². The summed E-state index contributed by atoms with van der Waals surface area (Å²) in [5, 5.41) is 4.17. The van der Waals surface area contributed by atoms with Crippen LogP contribution in [-0.2, 0) is 9.59 Å².